The van der Waals surface area contributed by atoms with Gasteiger partial charge in [0.05, 0.1) is 24.4 Å². The molecule has 208 valence electrons. The Morgan fingerprint density at radius 1 is 0.927 bits per heavy atom. The minimum Gasteiger partial charge on any atom is -0.495 e. The second-order valence-corrected chi connectivity index (χ2v) is 9.99. The normalized spacial score (nSPS) is 13.8. The highest BCUT2D eigenvalue weighted by molar-refractivity contribution is 9.10. The van der Waals surface area contributed by atoms with E-state index in [9.17, 15) is 14.4 Å². The van der Waals surface area contributed by atoms with Gasteiger partial charge in [0.25, 0.3) is 5.91 Å². The van der Waals surface area contributed by atoms with Gasteiger partial charge in [-0.3, -0.25) is 9.59 Å². The molecule has 0 bridgehead atoms. The molecular formula is C31H26BrN3O6. The summed E-state index contributed by atoms with van der Waals surface area (Å²) < 4.78 is 17.5. The Morgan fingerprint density at radius 2 is 1.66 bits per heavy atom. The van der Waals surface area contributed by atoms with Gasteiger partial charge in [-0.15, -0.1) is 0 Å². The molecule has 1 saturated heterocycles. The highest BCUT2D eigenvalue weighted by atomic mass is 79.9. The van der Waals surface area contributed by atoms with Crippen LogP contribution >= 0.6 is 15.9 Å². The predicted octanol–water partition coefficient (Wildman–Crippen LogP) is 5.73. The zero-order chi connectivity index (χ0) is 28.9. The third-order valence-electron chi connectivity index (χ3n) is 6.40. The monoisotopic (exact) mass is 615 g/mol. The van der Waals surface area contributed by atoms with E-state index in [0.29, 0.717) is 39.6 Å². The first-order valence-electron chi connectivity index (χ1n) is 12.6. The molecule has 1 aliphatic rings. The number of nitrogens with one attached hydrogen (secondary N) is 2. The van der Waals surface area contributed by atoms with Crippen LogP contribution in [0.4, 0.5) is 10.5 Å². The largest absolute Gasteiger partial charge is 0.495 e. The number of imide groups is 1. The maximum atomic E-state index is 13.0. The van der Waals surface area contributed by atoms with Crippen LogP contribution in [0, 0.1) is 0 Å². The van der Waals surface area contributed by atoms with Crippen LogP contribution in [0.15, 0.2) is 89.0 Å². The number of urea groups is 1. The fourth-order valence-corrected chi connectivity index (χ4v) is 4.98. The van der Waals surface area contributed by atoms with Crippen LogP contribution in [-0.2, 0) is 16.2 Å². The number of carbonyl (C=O) groups is 3. The third kappa shape index (κ3) is 6.17. The number of benzene rings is 4. The molecule has 41 heavy (non-hydrogen) atoms. The number of amides is 4. The number of anilines is 1. The van der Waals surface area contributed by atoms with Crippen LogP contribution in [-0.4, -0.2) is 43.5 Å². The molecule has 2 N–H and O–H groups in total. The van der Waals surface area contributed by atoms with Gasteiger partial charge in [-0.1, -0.05) is 48.5 Å². The molecule has 0 aromatic heterocycles. The molecule has 4 amide bonds. The summed E-state index contributed by atoms with van der Waals surface area (Å²) in [5, 5.41) is 7.47. The summed E-state index contributed by atoms with van der Waals surface area (Å²) in [6.45, 7) is -0.144. The summed E-state index contributed by atoms with van der Waals surface area (Å²) in [5.74, 6) is 0.229. The van der Waals surface area contributed by atoms with Gasteiger partial charge in [0.15, 0.2) is 11.5 Å². The average molecular weight is 616 g/mol. The van der Waals surface area contributed by atoms with Crippen LogP contribution < -0.4 is 24.8 Å². The van der Waals surface area contributed by atoms with E-state index in [1.54, 1.807) is 36.4 Å². The smallest absolute Gasteiger partial charge is 0.329 e. The molecule has 0 unspecified atom stereocenters. The van der Waals surface area contributed by atoms with E-state index in [0.717, 1.165) is 21.2 Å². The van der Waals surface area contributed by atoms with Crippen molar-refractivity contribution in [2.24, 2.45) is 0 Å². The fraction of sp³-hybridized carbons (Fsp3) is 0.129. The molecule has 1 fully saturated rings. The van der Waals surface area contributed by atoms with E-state index < -0.39 is 24.4 Å². The van der Waals surface area contributed by atoms with E-state index in [1.165, 1.54) is 20.3 Å². The Hall–Kier alpha value is -4.83. The third-order valence-corrected chi connectivity index (χ3v) is 6.99. The molecule has 0 radical (unpaired) electrons. The topological polar surface area (TPSA) is 106 Å². The van der Waals surface area contributed by atoms with Gasteiger partial charge in [0.1, 0.15) is 24.6 Å². The lowest BCUT2D eigenvalue weighted by atomic mass is 10.1. The minimum atomic E-state index is -0.696. The number of fused-ring (bicyclic) bond motifs is 1. The van der Waals surface area contributed by atoms with Gasteiger partial charge in [-0.2, -0.15) is 0 Å². The van der Waals surface area contributed by atoms with Crippen molar-refractivity contribution in [2.75, 3.05) is 26.1 Å². The molecule has 4 aromatic rings. The molecular weight excluding hydrogens is 590 g/mol. The van der Waals surface area contributed by atoms with Gasteiger partial charge < -0.3 is 24.8 Å². The molecule has 1 heterocycles. The van der Waals surface area contributed by atoms with Crippen LogP contribution in [0.3, 0.4) is 0 Å². The second kappa shape index (κ2) is 12.1. The standard InChI is InChI=1S/C31H26BrN3O6/c1-39-26-10-6-5-9-24(26)33-28(36)17-35-30(37)25(34-31(35)38)15-20-14-23(32)29(27(16-20)40-2)41-18-19-11-12-21-7-3-4-8-22(21)13-19/h3-16H,17-18H2,1-2H3,(H,33,36)(H,34,38)/b25-15+. The van der Waals surface area contributed by atoms with Crippen molar-refractivity contribution >= 4 is 56.3 Å². The van der Waals surface area contributed by atoms with Gasteiger partial charge in [-0.25, -0.2) is 9.69 Å². The molecule has 0 spiro atoms. The second-order valence-electron chi connectivity index (χ2n) is 9.13. The Kier molecular flexibility index (Phi) is 8.21. The fourth-order valence-electron chi connectivity index (χ4n) is 4.41. The zero-order valence-corrected chi connectivity index (χ0v) is 23.9. The number of hydrogen-bond acceptors (Lipinski definition) is 6. The SMILES string of the molecule is COc1ccccc1NC(=O)CN1C(=O)N/C(=C/c2cc(Br)c(OCc3ccc4ccccc4c3)c(OC)c2)C1=O. The Labute approximate surface area is 244 Å². The lowest BCUT2D eigenvalue weighted by Gasteiger charge is -2.14. The molecule has 0 atom stereocenters. The minimum absolute atomic E-state index is 0.0267. The summed E-state index contributed by atoms with van der Waals surface area (Å²) in [6.07, 6.45) is 1.51. The summed E-state index contributed by atoms with van der Waals surface area (Å²) in [6, 6.07) is 23.8. The van der Waals surface area contributed by atoms with Crippen molar-refractivity contribution in [3.63, 3.8) is 0 Å². The highest BCUT2D eigenvalue weighted by Gasteiger charge is 2.35. The number of ether oxygens (including phenoxy) is 3. The van der Waals surface area contributed by atoms with Gasteiger partial charge in [-0.05, 0) is 74.2 Å². The number of carbonyl (C=O) groups excluding carboxylic acids is 3. The van der Waals surface area contributed by atoms with Crippen molar-refractivity contribution in [1.29, 1.82) is 0 Å². The van der Waals surface area contributed by atoms with Crippen LogP contribution in [0.5, 0.6) is 17.2 Å². The molecule has 1 aliphatic heterocycles. The first-order valence-corrected chi connectivity index (χ1v) is 13.4. The first-order chi connectivity index (χ1) is 19.9. The highest BCUT2D eigenvalue weighted by Crippen LogP contribution is 2.38. The molecule has 10 heteroatoms. The number of para-hydroxylation sites is 2. The average Bonchev–Trinajstić information content (AvgIpc) is 3.23. The van der Waals surface area contributed by atoms with E-state index in [1.807, 2.05) is 24.3 Å². The van der Waals surface area contributed by atoms with Crippen molar-refractivity contribution in [3.05, 3.63) is 100 Å². The Morgan fingerprint density at radius 3 is 2.44 bits per heavy atom. The summed E-state index contributed by atoms with van der Waals surface area (Å²) in [7, 11) is 3.00. The summed E-state index contributed by atoms with van der Waals surface area (Å²) >= 11 is 3.54. The van der Waals surface area contributed by atoms with Crippen molar-refractivity contribution in [3.8, 4) is 17.2 Å². The first kappa shape index (κ1) is 27.7. The quantitative estimate of drug-likeness (QED) is 0.184. The number of rotatable bonds is 9. The number of nitrogens with zero attached hydrogens (tertiary/aromatic N) is 1. The maximum absolute atomic E-state index is 13.0. The van der Waals surface area contributed by atoms with Crippen LogP contribution in [0.2, 0.25) is 0 Å². The van der Waals surface area contributed by atoms with E-state index in [4.69, 9.17) is 14.2 Å². The van der Waals surface area contributed by atoms with Gasteiger partial charge >= 0.3 is 6.03 Å². The summed E-state index contributed by atoms with van der Waals surface area (Å²) in [4.78, 5) is 39.0. The Balaban J connectivity index is 1.29. The number of hydrogen-bond donors (Lipinski definition) is 2. The van der Waals surface area contributed by atoms with Crippen molar-refractivity contribution < 1.29 is 28.6 Å². The predicted molar refractivity (Wildman–Crippen MR) is 159 cm³/mol. The van der Waals surface area contributed by atoms with Gasteiger partial charge in [0, 0.05) is 0 Å². The van der Waals surface area contributed by atoms with Crippen LogP contribution in [0.1, 0.15) is 11.1 Å². The molecule has 0 aliphatic carbocycles. The molecule has 0 saturated carbocycles. The lowest BCUT2D eigenvalue weighted by molar-refractivity contribution is -0.127. The zero-order valence-electron chi connectivity index (χ0n) is 22.3. The summed E-state index contributed by atoms with van der Waals surface area (Å²) in [5.41, 5.74) is 2.04. The maximum Gasteiger partial charge on any atom is 0.329 e. The lowest BCUT2D eigenvalue weighted by Crippen LogP contribution is -2.38. The number of halogens is 1. The molecule has 4 aromatic carbocycles. The van der Waals surface area contributed by atoms with Crippen molar-refractivity contribution in [2.45, 2.75) is 6.61 Å². The van der Waals surface area contributed by atoms with E-state index >= 15 is 0 Å². The van der Waals surface area contributed by atoms with Crippen LogP contribution in [0.25, 0.3) is 16.8 Å². The van der Waals surface area contributed by atoms with E-state index in [2.05, 4.69) is 44.8 Å². The molecule has 5 rings (SSSR count). The van der Waals surface area contributed by atoms with E-state index in [-0.39, 0.29) is 5.70 Å². The Bertz CT molecular complexity index is 1690. The number of methoxy groups -OCH3 is 2. The molecule has 9 nitrogen and oxygen atoms in total. The van der Waals surface area contributed by atoms with Crippen molar-refractivity contribution in [1.82, 2.24) is 10.2 Å². The van der Waals surface area contributed by atoms with Gasteiger partial charge in [0.2, 0.25) is 5.91 Å².